The third-order valence-electron chi connectivity index (χ3n) is 11.2. The van der Waals surface area contributed by atoms with Crippen LogP contribution in [0.3, 0.4) is 0 Å². The molecule has 3 fully saturated rings. The molecule has 2 aliphatic carbocycles. The Morgan fingerprint density at radius 3 is 1.95 bits per heavy atom. The van der Waals surface area contributed by atoms with Gasteiger partial charge in [0.05, 0.1) is 54.8 Å². The average Bonchev–Trinajstić information content (AvgIpc) is 3.86. The number of hydrogen-bond donors (Lipinski definition) is 8. The van der Waals surface area contributed by atoms with Gasteiger partial charge >= 0.3 is 23.2 Å². The fourth-order valence-corrected chi connectivity index (χ4v) is 8.47. The zero-order valence-electron chi connectivity index (χ0n) is 31.2. The zero-order chi connectivity index (χ0) is 42.4. The van der Waals surface area contributed by atoms with Gasteiger partial charge in [0.1, 0.15) is 62.0 Å². The molecule has 5 heterocycles. The predicted molar refractivity (Wildman–Crippen MR) is 187 cm³/mol. The van der Waals surface area contributed by atoms with E-state index in [2.05, 4.69) is 0 Å². The molecule has 18 atom stereocenters. The van der Waals surface area contributed by atoms with Crippen molar-refractivity contribution in [3.63, 3.8) is 0 Å². The predicted octanol–water partition coefficient (Wildman–Crippen LogP) is -3.66. The van der Waals surface area contributed by atoms with Crippen LogP contribution in [-0.4, -0.2) is 183 Å². The maximum absolute atomic E-state index is 14.0. The Morgan fingerprint density at radius 1 is 0.712 bits per heavy atom. The van der Waals surface area contributed by atoms with E-state index in [1.54, 1.807) is 6.08 Å². The second-order valence-electron chi connectivity index (χ2n) is 14.7. The van der Waals surface area contributed by atoms with Crippen molar-refractivity contribution in [1.29, 1.82) is 0 Å². The normalized spacial score (nSPS) is 42.1. The minimum Gasteiger partial charge on any atom is -0.471 e. The SMILES string of the molecule is CSC(=O)OCC1=CC2OC(=O)C3=COC(OC4OC(CO)C(O)C(OC(=O)C5=COC(OC6OC(CO)C(O)C(O)C6O)C6C(COC(C)=O)=CC(O)C56)C4O)C1C32. The summed E-state index contributed by atoms with van der Waals surface area (Å²) in [5.41, 5.74) is 0.502. The molecule has 5 aliphatic heterocycles. The minimum atomic E-state index is -1.97. The van der Waals surface area contributed by atoms with Gasteiger partial charge in [-0.05, 0) is 35.2 Å². The topological polar surface area (TPSA) is 322 Å². The molecule has 7 aliphatic rings. The highest BCUT2D eigenvalue weighted by molar-refractivity contribution is 8.12. The molecule has 0 bridgehead atoms. The van der Waals surface area contributed by atoms with Gasteiger partial charge in [-0.3, -0.25) is 4.79 Å². The lowest BCUT2D eigenvalue weighted by Crippen LogP contribution is -2.61. The number of fused-ring (bicyclic) bond motifs is 1. The van der Waals surface area contributed by atoms with E-state index < -0.39 is 153 Å². The molecule has 0 amide bonds. The first-order chi connectivity index (χ1) is 28.2. The molecule has 3 saturated heterocycles. The van der Waals surface area contributed by atoms with E-state index in [9.17, 15) is 60.0 Å². The second-order valence-corrected chi connectivity index (χ2v) is 15.4. The molecular weight excluding hydrogens is 816 g/mol. The van der Waals surface area contributed by atoms with Crippen LogP contribution in [0.15, 0.2) is 47.0 Å². The third-order valence-corrected chi connectivity index (χ3v) is 11.7. The number of hydrogen-bond acceptors (Lipinski definition) is 23. The van der Waals surface area contributed by atoms with Gasteiger partial charge in [0.2, 0.25) is 12.6 Å². The number of aliphatic hydroxyl groups is 8. The van der Waals surface area contributed by atoms with Gasteiger partial charge in [-0.25, -0.2) is 14.4 Å². The van der Waals surface area contributed by atoms with Gasteiger partial charge in [0.25, 0.3) is 0 Å². The molecule has 0 aromatic carbocycles. The number of ether oxygens (including phenoxy) is 10. The smallest absolute Gasteiger partial charge is 0.367 e. The van der Waals surface area contributed by atoms with E-state index in [1.165, 1.54) is 12.3 Å². The Hall–Kier alpha value is -3.69. The second kappa shape index (κ2) is 17.7. The van der Waals surface area contributed by atoms with Gasteiger partial charge in [0.15, 0.2) is 18.7 Å². The minimum absolute atomic E-state index is 0.190. The summed E-state index contributed by atoms with van der Waals surface area (Å²) in [7, 11) is 0. The number of carbonyl (C=O) groups is 4. The molecule has 0 aromatic rings. The first-order valence-corrected chi connectivity index (χ1v) is 19.7. The van der Waals surface area contributed by atoms with Crippen LogP contribution in [0, 0.1) is 23.7 Å². The molecule has 22 nitrogen and oxygen atoms in total. The van der Waals surface area contributed by atoms with Gasteiger partial charge in [-0.15, -0.1) is 0 Å². The summed E-state index contributed by atoms with van der Waals surface area (Å²) in [5, 5.41) is 84.2. The molecule has 326 valence electrons. The zero-order valence-corrected chi connectivity index (χ0v) is 32.0. The van der Waals surface area contributed by atoms with Crippen LogP contribution < -0.4 is 0 Å². The molecule has 0 aromatic heterocycles. The largest absolute Gasteiger partial charge is 0.471 e. The standard InChI is InChI=1S/C36H44O22S/c1-11(39)49-7-12-3-16(40)22-14(9-50-32(20(12)22)57-34-27(44)26(43)24(41)18(5-37)54-34)31(47)56-29-25(42)19(6-38)55-35(28(29)45)58-33-21-13(8-52-36(48)59-2)4-17-23(21)15(10-51-33)30(46)53-17/h3-4,9-10,16-29,32-35,37-38,40-45H,5-8H2,1-2H3. The number of carbonyl (C=O) groups excluding carboxylic acids is 4. The van der Waals surface area contributed by atoms with E-state index in [4.69, 9.17) is 47.4 Å². The summed E-state index contributed by atoms with van der Waals surface area (Å²) >= 11 is 0.837. The highest BCUT2D eigenvalue weighted by Gasteiger charge is 2.58. The summed E-state index contributed by atoms with van der Waals surface area (Å²) in [4.78, 5) is 50.2. The Balaban J connectivity index is 1.10. The first-order valence-electron chi connectivity index (χ1n) is 18.5. The van der Waals surface area contributed by atoms with Crippen LogP contribution >= 0.6 is 11.8 Å². The van der Waals surface area contributed by atoms with Gasteiger partial charge in [-0.1, -0.05) is 6.08 Å². The molecule has 23 heteroatoms. The van der Waals surface area contributed by atoms with E-state index >= 15 is 0 Å². The molecule has 0 saturated carbocycles. The van der Waals surface area contributed by atoms with Crippen LogP contribution in [0.2, 0.25) is 0 Å². The van der Waals surface area contributed by atoms with Crippen molar-refractivity contribution < 1.29 is 107 Å². The Morgan fingerprint density at radius 2 is 1.31 bits per heavy atom. The van der Waals surface area contributed by atoms with E-state index in [0.717, 1.165) is 31.2 Å². The van der Waals surface area contributed by atoms with Gasteiger partial charge < -0.3 is 88.2 Å². The van der Waals surface area contributed by atoms with Gasteiger partial charge in [0, 0.05) is 18.8 Å². The van der Waals surface area contributed by atoms with Crippen molar-refractivity contribution in [3.8, 4) is 0 Å². The molecule has 8 N–H and O–H groups in total. The van der Waals surface area contributed by atoms with Crippen molar-refractivity contribution >= 4 is 35.0 Å². The van der Waals surface area contributed by atoms with Crippen LogP contribution in [-0.2, 0) is 61.8 Å². The Bertz CT molecular complexity index is 1760. The van der Waals surface area contributed by atoms with Crippen molar-refractivity contribution in [3.05, 3.63) is 47.0 Å². The fraction of sp³-hybridized carbons (Fsp3) is 0.667. The summed E-state index contributed by atoms with van der Waals surface area (Å²) in [6.07, 6.45) is -16.1. The highest BCUT2D eigenvalue weighted by atomic mass is 32.2. The summed E-state index contributed by atoms with van der Waals surface area (Å²) in [6, 6.07) is 0. The molecule has 7 rings (SSSR count). The van der Waals surface area contributed by atoms with Crippen LogP contribution in [0.4, 0.5) is 4.79 Å². The number of rotatable bonds is 12. The number of aliphatic hydroxyl groups excluding tert-OH is 8. The number of esters is 3. The molecule has 59 heavy (non-hydrogen) atoms. The monoisotopic (exact) mass is 860 g/mol. The van der Waals surface area contributed by atoms with Crippen molar-refractivity contribution in [2.75, 3.05) is 32.7 Å². The molecule has 0 radical (unpaired) electrons. The van der Waals surface area contributed by atoms with Crippen LogP contribution in [0.5, 0.6) is 0 Å². The fourth-order valence-electron chi connectivity index (χ4n) is 8.30. The highest BCUT2D eigenvalue weighted by Crippen LogP contribution is 2.50. The number of thioether (sulfide) groups is 1. The Kier molecular flexibility index (Phi) is 13.0. The lowest BCUT2D eigenvalue weighted by molar-refractivity contribution is -0.341. The van der Waals surface area contributed by atoms with Crippen LogP contribution in [0.25, 0.3) is 0 Å². The van der Waals surface area contributed by atoms with Crippen molar-refractivity contribution in [2.24, 2.45) is 23.7 Å². The molecular formula is C36H44O22S. The van der Waals surface area contributed by atoms with Crippen molar-refractivity contribution in [2.45, 2.75) is 93.1 Å². The molecule has 0 spiro atoms. The van der Waals surface area contributed by atoms with E-state index in [-0.39, 0.29) is 23.3 Å². The van der Waals surface area contributed by atoms with E-state index in [1.807, 2.05) is 0 Å². The summed E-state index contributed by atoms with van der Waals surface area (Å²) < 4.78 is 56.0. The maximum atomic E-state index is 14.0. The first kappa shape index (κ1) is 43.4. The quantitative estimate of drug-likeness (QED) is 0.0533. The van der Waals surface area contributed by atoms with Crippen LogP contribution in [0.1, 0.15) is 6.92 Å². The average molecular weight is 861 g/mol. The third kappa shape index (κ3) is 8.24. The summed E-state index contributed by atoms with van der Waals surface area (Å²) in [5.74, 6) is -6.42. The summed E-state index contributed by atoms with van der Waals surface area (Å²) in [6.45, 7) is -1.11. The lowest BCUT2D eigenvalue weighted by Gasteiger charge is -2.44. The maximum Gasteiger partial charge on any atom is 0.367 e. The molecule has 18 unspecified atom stereocenters. The van der Waals surface area contributed by atoms with Gasteiger partial charge in [-0.2, -0.15) is 0 Å². The van der Waals surface area contributed by atoms with E-state index in [0.29, 0.717) is 5.57 Å². The van der Waals surface area contributed by atoms with Crippen molar-refractivity contribution in [1.82, 2.24) is 0 Å². The lowest BCUT2D eigenvalue weighted by atomic mass is 9.82. The Labute approximate surface area is 338 Å².